The van der Waals surface area contributed by atoms with Crippen molar-refractivity contribution in [2.75, 3.05) is 0 Å². The molecule has 0 fully saturated rings. The molecule has 0 atom stereocenters. The maximum atomic E-state index is 12.5. The van der Waals surface area contributed by atoms with Crippen molar-refractivity contribution in [2.24, 2.45) is 0 Å². The van der Waals surface area contributed by atoms with Crippen molar-refractivity contribution >= 4 is 28.3 Å². The third-order valence-electron chi connectivity index (χ3n) is 3.56. The number of hydrogen-bond acceptors (Lipinski definition) is 7. The zero-order valence-corrected chi connectivity index (χ0v) is 14.4. The molecule has 4 rings (SSSR count). The van der Waals surface area contributed by atoms with Gasteiger partial charge in [0, 0.05) is 24.9 Å². The molecule has 128 valence electrons. The van der Waals surface area contributed by atoms with E-state index in [1.54, 1.807) is 54.9 Å². The fourth-order valence-corrected chi connectivity index (χ4v) is 3.31. The molecule has 0 radical (unpaired) electrons. The topological polar surface area (TPSA) is 86.4 Å². The number of thiazole rings is 1. The number of carbonyl (C=O) groups is 1. The fourth-order valence-electron chi connectivity index (χ4n) is 2.41. The summed E-state index contributed by atoms with van der Waals surface area (Å²) in [5.74, 6) is 0.578. The zero-order valence-electron chi connectivity index (χ0n) is 13.6. The first-order valence-electron chi connectivity index (χ1n) is 7.70. The second-order valence-electron chi connectivity index (χ2n) is 5.44. The molecule has 4 aromatic rings. The molecule has 0 aliphatic rings. The first-order valence-corrected chi connectivity index (χ1v) is 8.52. The van der Waals surface area contributed by atoms with E-state index in [1.807, 2.05) is 0 Å². The molecule has 0 saturated carbocycles. The Kier molecular flexibility index (Phi) is 4.02. The second-order valence-corrected chi connectivity index (χ2v) is 6.45. The van der Waals surface area contributed by atoms with E-state index in [1.165, 1.54) is 22.8 Å². The molecule has 0 spiro atoms. The predicted molar refractivity (Wildman–Crippen MR) is 96.9 cm³/mol. The summed E-state index contributed by atoms with van der Waals surface area (Å²) in [5.41, 5.74) is 1.40. The minimum Gasteiger partial charge on any atom is -0.427 e. The molecular weight excluding hydrogens is 352 g/mol. The van der Waals surface area contributed by atoms with Crippen molar-refractivity contribution in [1.29, 1.82) is 0 Å². The molecule has 1 aromatic carbocycles. The highest BCUT2D eigenvalue weighted by atomic mass is 32.1. The van der Waals surface area contributed by atoms with Gasteiger partial charge in [-0.15, -0.1) is 5.10 Å². The quantitative estimate of drug-likeness (QED) is 0.406. The molecule has 0 amide bonds. The molecule has 0 N–H and O–H groups in total. The van der Waals surface area contributed by atoms with Crippen LogP contribution in [0.4, 0.5) is 0 Å². The van der Waals surface area contributed by atoms with Crippen LogP contribution in [-0.4, -0.2) is 25.6 Å². The van der Waals surface area contributed by atoms with Crippen molar-refractivity contribution in [3.8, 4) is 17.1 Å². The minimum absolute atomic E-state index is 0.220. The number of aromatic nitrogens is 4. The van der Waals surface area contributed by atoms with Gasteiger partial charge in [-0.25, -0.2) is 0 Å². The SMILES string of the molecule is CC(=O)Oc1ccc(C=c2sc3nc(-c4ccncc4)nn3c2=O)cc1. The Morgan fingerprint density at radius 2 is 1.88 bits per heavy atom. The summed E-state index contributed by atoms with van der Waals surface area (Å²) >= 11 is 1.27. The van der Waals surface area contributed by atoms with Crippen LogP contribution in [-0.2, 0) is 4.79 Å². The predicted octanol–water partition coefficient (Wildman–Crippen LogP) is 1.69. The van der Waals surface area contributed by atoms with Crippen molar-refractivity contribution in [3.05, 3.63) is 69.2 Å². The van der Waals surface area contributed by atoms with E-state index in [0.29, 0.717) is 21.1 Å². The molecule has 0 aliphatic heterocycles. The van der Waals surface area contributed by atoms with Crippen LogP contribution in [0.1, 0.15) is 12.5 Å². The Balaban J connectivity index is 1.70. The highest BCUT2D eigenvalue weighted by molar-refractivity contribution is 7.15. The molecule has 0 bridgehead atoms. The van der Waals surface area contributed by atoms with Crippen molar-refractivity contribution in [2.45, 2.75) is 6.92 Å². The van der Waals surface area contributed by atoms with Gasteiger partial charge in [0.05, 0.1) is 4.53 Å². The van der Waals surface area contributed by atoms with E-state index in [9.17, 15) is 9.59 Å². The molecule has 8 heteroatoms. The highest BCUT2D eigenvalue weighted by Crippen LogP contribution is 2.15. The van der Waals surface area contributed by atoms with E-state index in [0.717, 1.165) is 11.1 Å². The number of rotatable bonds is 3. The standard InChI is InChI=1S/C18H12N4O3S/c1-11(23)25-14-4-2-12(3-5-14)10-15-17(24)22-18(26-15)20-16(21-22)13-6-8-19-9-7-13/h2-10H,1H3. The van der Waals surface area contributed by atoms with E-state index in [2.05, 4.69) is 15.1 Å². The van der Waals surface area contributed by atoms with Crippen molar-refractivity contribution < 1.29 is 9.53 Å². The van der Waals surface area contributed by atoms with E-state index in [-0.39, 0.29) is 11.5 Å². The van der Waals surface area contributed by atoms with Gasteiger partial charge >= 0.3 is 5.97 Å². The van der Waals surface area contributed by atoms with Crippen LogP contribution in [0.3, 0.4) is 0 Å². The summed E-state index contributed by atoms with van der Waals surface area (Å²) < 4.78 is 6.83. The van der Waals surface area contributed by atoms with Gasteiger partial charge in [0.15, 0.2) is 5.82 Å². The smallest absolute Gasteiger partial charge is 0.308 e. The highest BCUT2D eigenvalue weighted by Gasteiger charge is 2.11. The number of hydrogen-bond donors (Lipinski definition) is 0. The van der Waals surface area contributed by atoms with Crippen LogP contribution in [0.5, 0.6) is 5.75 Å². The number of pyridine rings is 1. The van der Waals surface area contributed by atoms with Crippen LogP contribution >= 0.6 is 11.3 Å². The summed E-state index contributed by atoms with van der Waals surface area (Å²) in [7, 11) is 0. The van der Waals surface area contributed by atoms with Crippen LogP contribution < -0.4 is 14.8 Å². The molecule has 0 aliphatic carbocycles. The van der Waals surface area contributed by atoms with E-state index >= 15 is 0 Å². The third-order valence-corrected chi connectivity index (χ3v) is 4.52. The summed E-state index contributed by atoms with van der Waals surface area (Å²) in [4.78, 5) is 32.4. The lowest BCUT2D eigenvalue weighted by molar-refractivity contribution is -0.131. The van der Waals surface area contributed by atoms with Gasteiger partial charge in [-0.1, -0.05) is 23.5 Å². The molecule has 0 saturated heterocycles. The van der Waals surface area contributed by atoms with Crippen molar-refractivity contribution in [1.82, 2.24) is 19.6 Å². The van der Waals surface area contributed by atoms with Gasteiger partial charge in [0.25, 0.3) is 5.56 Å². The minimum atomic E-state index is -0.376. The molecule has 7 nitrogen and oxygen atoms in total. The average molecular weight is 364 g/mol. The maximum absolute atomic E-state index is 12.5. The number of ether oxygens (including phenoxy) is 1. The summed E-state index contributed by atoms with van der Waals surface area (Å²) in [5, 5.41) is 4.29. The number of carbonyl (C=O) groups excluding carboxylic acids is 1. The van der Waals surface area contributed by atoms with Gasteiger partial charge in [-0.05, 0) is 35.9 Å². The Bertz CT molecular complexity index is 1200. The molecule has 0 unspecified atom stereocenters. The van der Waals surface area contributed by atoms with Gasteiger partial charge < -0.3 is 4.74 Å². The lowest BCUT2D eigenvalue weighted by Crippen LogP contribution is -2.23. The van der Waals surface area contributed by atoms with Crippen molar-refractivity contribution in [3.63, 3.8) is 0 Å². The van der Waals surface area contributed by atoms with E-state index < -0.39 is 0 Å². The number of benzene rings is 1. The van der Waals surface area contributed by atoms with E-state index in [4.69, 9.17) is 4.74 Å². The van der Waals surface area contributed by atoms with Gasteiger partial charge in [0.2, 0.25) is 4.96 Å². The normalized spacial score (nSPS) is 11.8. The number of esters is 1. The molecule has 3 heterocycles. The first-order chi connectivity index (χ1) is 12.6. The van der Waals surface area contributed by atoms with Crippen LogP contribution in [0, 0.1) is 0 Å². The van der Waals surface area contributed by atoms with Crippen LogP contribution in [0.2, 0.25) is 0 Å². The van der Waals surface area contributed by atoms with Gasteiger partial charge in [-0.2, -0.15) is 9.50 Å². The van der Waals surface area contributed by atoms with Crippen LogP contribution in [0.15, 0.2) is 53.6 Å². The average Bonchev–Trinajstić information content (AvgIpc) is 3.17. The number of nitrogens with zero attached hydrogens (tertiary/aromatic N) is 4. The molecule has 26 heavy (non-hydrogen) atoms. The summed E-state index contributed by atoms with van der Waals surface area (Å²) in [6.07, 6.45) is 5.07. The Morgan fingerprint density at radius 1 is 1.15 bits per heavy atom. The Morgan fingerprint density at radius 3 is 2.54 bits per heavy atom. The molecule has 3 aromatic heterocycles. The monoisotopic (exact) mass is 364 g/mol. The zero-order chi connectivity index (χ0) is 18.1. The van der Waals surface area contributed by atoms with Crippen LogP contribution in [0.25, 0.3) is 22.4 Å². The largest absolute Gasteiger partial charge is 0.427 e. The first kappa shape index (κ1) is 16.1. The summed E-state index contributed by atoms with van der Waals surface area (Å²) in [6.45, 7) is 1.35. The fraction of sp³-hybridized carbons (Fsp3) is 0.0556. The third kappa shape index (κ3) is 3.09. The molecular formula is C18H12N4O3S. The second kappa shape index (κ2) is 6.49. The Labute approximate surface area is 151 Å². The lowest BCUT2D eigenvalue weighted by atomic mass is 10.2. The summed E-state index contributed by atoms with van der Waals surface area (Å²) in [6, 6.07) is 10.5. The van der Waals surface area contributed by atoms with Gasteiger partial charge in [-0.3, -0.25) is 14.6 Å². The number of fused-ring (bicyclic) bond motifs is 1. The maximum Gasteiger partial charge on any atom is 0.308 e. The van der Waals surface area contributed by atoms with Gasteiger partial charge in [0.1, 0.15) is 5.75 Å². The lowest BCUT2D eigenvalue weighted by Gasteiger charge is -2.00. The Hall–Kier alpha value is -3.39.